The van der Waals surface area contributed by atoms with E-state index >= 15 is 0 Å². The number of aromatic amines is 1. The van der Waals surface area contributed by atoms with Crippen LogP contribution in [0.15, 0.2) is 24.4 Å². The molecule has 7 heteroatoms. The molecule has 1 aliphatic rings. The monoisotopic (exact) mass is 474 g/mol. The Morgan fingerprint density at radius 1 is 1.19 bits per heavy atom. The van der Waals surface area contributed by atoms with Crippen LogP contribution in [0.5, 0.6) is 11.5 Å². The topological polar surface area (TPSA) is 72.1 Å². The van der Waals surface area contributed by atoms with Gasteiger partial charge >= 0.3 is 0 Å². The molecule has 173 valence electrons. The molecule has 32 heavy (non-hydrogen) atoms. The number of benzene rings is 1. The van der Waals surface area contributed by atoms with Crippen molar-refractivity contribution >= 4 is 11.0 Å². The Kier molecular flexibility index (Phi) is 9.62. The Balaban J connectivity index is 0.00000181. The average Bonchev–Trinajstić information content (AvgIpc) is 3.40. The SMILES string of the molecule is CNCc1ncc(Cc2ccc(OC)c(OC3CCCC3)c2)c2nc(C(C)C)[nH]c12.[CH3-].[V]. The number of aromatic nitrogens is 3. The molecule has 1 aromatic carbocycles. The maximum atomic E-state index is 6.28. The van der Waals surface area contributed by atoms with E-state index < -0.39 is 0 Å². The number of hydrogen-bond acceptors (Lipinski definition) is 5. The van der Waals surface area contributed by atoms with Crippen LogP contribution in [0.2, 0.25) is 0 Å². The number of rotatable bonds is 8. The Morgan fingerprint density at radius 3 is 2.59 bits per heavy atom. The summed E-state index contributed by atoms with van der Waals surface area (Å²) < 4.78 is 11.8. The average molecular weight is 475 g/mol. The zero-order valence-corrected chi connectivity index (χ0v) is 21.3. The van der Waals surface area contributed by atoms with Gasteiger partial charge in [0.25, 0.3) is 0 Å². The van der Waals surface area contributed by atoms with Gasteiger partial charge in [0.15, 0.2) is 11.5 Å². The number of hydrogen-bond donors (Lipinski definition) is 2. The van der Waals surface area contributed by atoms with Crippen LogP contribution in [0.4, 0.5) is 0 Å². The van der Waals surface area contributed by atoms with Gasteiger partial charge < -0.3 is 27.2 Å². The van der Waals surface area contributed by atoms with Crippen molar-refractivity contribution in [3.63, 3.8) is 0 Å². The molecule has 6 nitrogen and oxygen atoms in total. The van der Waals surface area contributed by atoms with Gasteiger partial charge in [-0.05, 0) is 50.4 Å². The van der Waals surface area contributed by atoms with E-state index in [-0.39, 0.29) is 26.0 Å². The first-order valence-electron chi connectivity index (χ1n) is 10.9. The molecule has 0 saturated heterocycles. The number of ether oxygens (including phenoxy) is 2. The van der Waals surface area contributed by atoms with Crippen LogP contribution in [-0.2, 0) is 31.5 Å². The van der Waals surface area contributed by atoms with Gasteiger partial charge in [-0.15, -0.1) is 0 Å². The van der Waals surface area contributed by atoms with Gasteiger partial charge in [-0.25, -0.2) is 4.98 Å². The van der Waals surface area contributed by atoms with Gasteiger partial charge in [-0.1, -0.05) is 19.9 Å². The molecule has 1 aliphatic carbocycles. The van der Waals surface area contributed by atoms with Crippen LogP contribution in [0.1, 0.15) is 68.1 Å². The molecule has 2 heterocycles. The van der Waals surface area contributed by atoms with Crippen molar-refractivity contribution in [1.82, 2.24) is 20.3 Å². The van der Waals surface area contributed by atoms with Crippen LogP contribution < -0.4 is 14.8 Å². The minimum Gasteiger partial charge on any atom is -0.493 e. The quantitative estimate of drug-likeness (QED) is 0.441. The van der Waals surface area contributed by atoms with E-state index in [1.807, 2.05) is 19.3 Å². The molecule has 0 bridgehead atoms. The third-order valence-electron chi connectivity index (χ3n) is 5.80. The molecular weight excluding hydrogens is 439 g/mol. The Labute approximate surface area is 203 Å². The minimum absolute atomic E-state index is 0. The number of pyridine rings is 1. The zero-order chi connectivity index (χ0) is 21.1. The summed E-state index contributed by atoms with van der Waals surface area (Å²) in [6.45, 7) is 5.01. The van der Waals surface area contributed by atoms with Crippen LogP contribution in [0.25, 0.3) is 11.0 Å². The van der Waals surface area contributed by atoms with Gasteiger partial charge in [0.05, 0.1) is 29.9 Å². The Morgan fingerprint density at radius 2 is 1.94 bits per heavy atom. The summed E-state index contributed by atoms with van der Waals surface area (Å²) in [6, 6.07) is 6.22. The second kappa shape index (κ2) is 11.7. The predicted octanol–water partition coefficient (Wildman–Crippen LogP) is 5.17. The van der Waals surface area contributed by atoms with Crippen LogP contribution in [0.3, 0.4) is 0 Å². The van der Waals surface area contributed by atoms with Crippen LogP contribution in [-0.4, -0.2) is 35.2 Å². The minimum atomic E-state index is 0. The standard InChI is InChI=1S/C24H32N4O2.CH3.V/c1-15(2)24-27-22-17(13-26-19(14-25-3)23(22)28-24)11-16-9-10-20(29-4)21(12-16)30-18-7-5-6-8-18;;/h9-10,12-13,15,18,25H,5-8,11,14H2,1-4H3,(H,27,28);1H3;/q;-1;. The third-order valence-corrected chi connectivity index (χ3v) is 5.80. The molecule has 0 unspecified atom stereocenters. The third kappa shape index (κ3) is 5.66. The summed E-state index contributed by atoms with van der Waals surface area (Å²) in [5.74, 6) is 2.96. The van der Waals surface area contributed by atoms with E-state index in [0.717, 1.165) is 58.9 Å². The van der Waals surface area contributed by atoms with Crippen molar-refractivity contribution in [2.45, 2.75) is 64.5 Å². The molecule has 4 rings (SSSR count). The molecule has 1 fully saturated rings. The second-order valence-electron chi connectivity index (χ2n) is 8.45. The number of methoxy groups -OCH3 is 1. The molecule has 1 radical (unpaired) electrons. The summed E-state index contributed by atoms with van der Waals surface area (Å²) in [7, 11) is 3.63. The summed E-state index contributed by atoms with van der Waals surface area (Å²) in [6.07, 6.45) is 7.73. The number of imidazole rings is 1. The molecule has 2 N–H and O–H groups in total. The number of fused-ring (bicyclic) bond motifs is 1. The summed E-state index contributed by atoms with van der Waals surface area (Å²) in [5.41, 5.74) is 5.32. The first-order valence-corrected chi connectivity index (χ1v) is 10.9. The maximum Gasteiger partial charge on any atom is 0.161 e. The van der Waals surface area contributed by atoms with Crippen molar-refractivity contribution in [2.75, 3.05) is 14.2 Å². The van der Waals surface area contributed by atoms with E-state index in [9.17, 15) is 0 Å². The van der Waals surface area contributed by atoms with Gasteiger partial charge in [-0.3, -0.25) is 4.98 Å². The predicted molar refractivity (Wildman–Crippen MR) is 126 cm³/mol. The van der Waals surface area contributed by atoms with E-state index in [0.29, 0.717) is 18.6 Å². The Bertz CT molecular complexity index is 1010. The van der Waals surface area contributed by atoms with E-state index in [4.69, 9.17) is 19.4 Å². The van der Waals surface area contributed by atoms with Crippen molar-refractivity contribution in [1.29, 1.82) is 0 Å². The Hall–Kier alpha value is -2.02. The van der Waals surface area contributed by atoms with Crippen molar-refractivity contribution in [3.05, 3.63) is 54.5 Å². The smallest absolute Gasteiger partial charge is 0.161 e. The molecule has 1 saturated carbocycles. The van der Waals surface area contributed by atoms with Crippen molar-refractivity contribution < 1.29 is 28.0 Å². The molecule has 3 aromatic rings. The molecule has 0 amide bonds. The van der Waals surface area contributed by atoms with E-state index in [2.05, 4.69) is 36.3 Å². The van der Waals surface area contributed by atoms with E-state index in [1.165, 1.54) is 18.4 Å². The van der Waals surface area contributed by atoms with Crippen molar-refractivity contribution in [2.24, 2.45) is 0 Å². The van der Waals surface area contributed by atoms with Gasteiger partial charge in [0.2, 0.25) is 0 Å². The molecule has 0 aliphatic heterocycles. The zero-order valence-electron chi connectivity index (χ0n) is 19.9. The van der Waals surface area contributed by atoms with Gasteiger partial charge in [-0.2, -0.15) is 0 Å². The molecule has 0 spiro atoms. The first kappa shape index (κ1) is 26.2. The van der Waals surface area contributed by atoms with Gasteiger partial charge in [0.1, 0.15) is 5.82 Å². The summed E-state index contributed by atoms with van der Waals surface area (Å²) in [4.78, 5) is 13.1. The first-order chi connectivity index (χ1) is 14.6. The maximum absolute atomic E-state index is 6.28. The van der Waals surface area contributed by atoms with Crippen LogP contribution >= 0.6 is 0 Å². The molecule has 2 aromatic heterocycles. The number of H-pyrrole nitrogens is 1. The summed E-state index contributed by atoms with van der Waals surface area (Å²) >= 11 is 0. The molecule has 0 atom stereocenters. The van der Waals surface area contributed by atoms with E-state index in [1.54, 1.807) is 7.11 Å². The fourth-order valence-electron chi connectivity index (χ4n) is 4.15. The largest absolute Gasteiger partial charge is 0.493 e. The van der Waals surface area contributed by atoms with Gasteiger partial charge in [0, 0.05) is 49.2 Å². The van der Waals surface area contributed by atoms with Crippen LogP contribution in [0, 0.1) is 7.43 Å². The fourth-order valence-corrected chi connectivity index (χ4v) is 4.15. The number of nitrogens with one attached hydrogen (secondary N) is 2. The number of nitrogens with zero attached hydrogens (tertiary/aromatic N) is 2. The normalized spacial score (nSPS) is 13.8. The summed E-state index contributed by atoms with van der Waals surface area (Å²) in [5, 5.41) is 3.20. The fraction of sp³-hybridized carbons (Fsp3) is 0.480. The molecular formula is C25H35N4O2V-. The van der Waals surface area contributed by atoms with Crippen molar-refractivity contribution in [3.8, 4) is 11.5 Å². The second-order valence-corrected chi connectivity index (χ2v) is 8.45.